The van der Waals surface area contributed by atoms with Crippen LogP contribution in [0.25, 0.3) is 0 Å². The summed E-state index contributed by atoms with van der Waals surface area (Å²) in [6, 6.07) is 0. The Bertz CT molecular complexity index is 464. The summed E-state index contributed by atoms with van der Waals surface area (Å²) in [4.78, 5) is 19.9. The van der Waals surface area contributed by atoms with Gasteiger partial charge in [0.1, 0.15) is 5.69 Å². The van der Waals surface area contributed by atoms with Crippen LogP contribution in [-0.4, -0.2) is 22.4 Å². The molecule has 0 atom stereocenters. The van der Waals surface area contributed by atoms with Crippen LogP contribution in [0.15, 0.2) is 17.0 Å². The SMILES string of the molecule is Cc1nc(C(=O)NCCc2nccs2)cs1. The Kier molecular flexibility index (Phi) is 3.63. The number of thiazole rings is 2. The molecule has 0 saturated carbocycles. The highest BCUT2D eigenvalue weighted by Gasteiger charge is 2.08. The minimum atomic E-state index is -0.110. The van der Waals surface area contributed by atoms with Crippen LogP contribution in [0.5, 0.6) is 0 Å². The van der Waals surface area contributed by atoms with Crippen LogP contribution >= 0.6 is 22.7 Å². The summed E-state index contributed by atoms with van der Waals surface area (Å²) in [7, 11) is 0. The first-order valence-electron chi connectivity index (χ1n) is 4.84. The largest absolute Gasteiger partial charge is 0.350 e. The second kappa shape index (κ2) is 5.18. The number of nitrogens with one attached hydrogen (secondary N) is 1. The highest BCUT2D eigenvalue weighted by Crippen LogP contribution is 2.08. The molecule has 0 spiro atoms. The highest BCUT2D eigenvalue weighted by atomic mass is 32.1. The standard InChI is InChI=1S/C10H11N3OS2/c1-7-13-8(6-16-7)10(14)12-3-2-9-11-4-5-15-9/h4-6H,2-3H2,1H3,(H,12,14). The van der Waals surface area contributed by atoms with Crippen molar-refractivity contribution >= 4 is 28.6 Å². The number of carbonyl (C=O) groups excluding carboxylic acids is 1. The number of rotatable bonds is 4. The van der Waals surface area contributed by atoms with Crippen LogP contribution in [0.2, 0.25) is 0 Å². The first-order chi connectivity index (χ1) is 7.75. The number of aryl methyl sites for hydroxylation is 1. The highest BCUT2D eigenvalue weighted by molar-refractivity contribution is 7.09. The average Bonchev–Trinajstić information content (AvgIpc) is 2.89. The average molecular weight is 253 g/mol. The molecule has 1 N–H and O–H groups in total. The normalized spacial score (nSPS) is 10.3. The predicted octanol–water partition coefficient (Wildman–Crippen LogP) is 1.88. The van der Waals surface area contributed by atoms with E-state index in [4.69, 9.17) is 0 Å². The number of amides is 1. The maximum Gasteiger partial charge on any atom is 0.270 e. The van der Waals surface area contributed by atoms with Crippen LogP contribution in [0.3, 0.4) is 0 Å². The van der Waals surface area contributed by atoms with E-state index in [2.05, 4.69) is 15.3 Å². The summed E-state index contributed by atoms with van der Waals surface area (Å²) in [6.45, 7) is 2.49. The van der Waals surface area contributed by atoms with Gasteiger partial charge in [0.05, 0.1) is 10.0 Å². The van der Waals surface area contributed by atoms with Gasteiger partial charge >= 0.3 is 0 Å². The Morgan fingerprint density at radius 2 is 2.38 bits per heavy atom. The molecule has 4 nitrogen and oxygen atoms in total. The molecule has 2 heterocycles. The topological polar surface area (TPSA) is 54.9 Å². The van der Waals surface area contributed by atoms with Crippen molar-refractivity contribution in [1.82, 2.24) is 15.3 Å². The second-order valence-corrected chi connectivity index (χ2v) is 5.22. The quantitative estimate of drug-likeness (QED) is 0.905. The van der Waals surface area contributed by atoms with E-state index in [1.54, 1.807) is 22.9 Å². The van der Waals surface area contributed by atoms with Crippen LogP contribution in [0.4, 0.5) is 0 Å². The molecular formula is C10H11N3OS2. The van der Waals surface area contributed by atoms with Crippen molar-refractivity contribution in [2.24, 2.45) is 0 Å². The first-order valence-corrected chi connectivity index (χ1v) is 6.60. The molecule has 6 heteroatoms. The Hall–Kier alpha value is -1.27. The maximum absolute atomic E-state index is 11.6. The number of aromatic nitrogens is 2. The van der Waals surface area contributed by atoms with E-state index < -0.39 is 0 Å². The lowest BCUT2D eigenvalue weighted by Crippen LogP contribution is -2.25. The molecule has 0 saturated heterocycles. The minimum absolute atomic E-state index is 0.110. The zero-order valence-corrected chi connectivity index (χ0v) is 10.4. The predicted molar refractivity (Wildman–Crippen MR) is 65.0 cm³/mol. The third kappa shape index (κ3) is 2.86. The lowest BCUT2D eigenvalue weighted by atomic mass is 10.4. The van der Waals surface area contributed by atoms with E-state index in [1.165, 1.54) is 11.3 Å². The van der Waals surface area contributed by atoms with Gasteiger partial charge in [0.25, 0.3) is 5.91 Å². The van der Waals surface area contributed by atoms with E-state index >= 15 is 0 Å². The molecular weight excluding hydrogens is 242 g/mol. The van der Waals surface area contributed by atoms with Crippen molar-refractivity contribution in [2.45, 2.75) is 13.3 Å². The zero-order chi connectivity index (χ0) is 11.4. The van der Waals surface area contributed by atoms with E-state index in [9.17, 15) is 4.79 Å². The second-order valence-electron chi connectivity index (χ2n) is 3.18. The first kappa shape index (κ1) is 11.2. The van der Waals surface area contributed by atoms with Gasteiger partial charge in [-0.15, -0.1) is 22.7 Å². The molecule has 2 rings (SSSR count). The van der Waals surface area contributed by atoms with Crippen molar-refractivity contribution < 1.29 is 4.79 Å². The van der Waals surface area contributed by atoms with E-state index in [0.29, 0.717) is 12.2 Å². The van der Waals surface area contributed by atoms with Gasteiger partial charge in [-0.25, -0.2) is 9.97 Å². The zero-order valence-electron chi connectivity index (χ0n) is 8.77. The fourth-order valence-electron chi connectivity index (χ4n) is 1.22. The summed E-state index contributed by atoms with van der Waals surface area (Å²) in [5, 5.41) is 8.47. The van der Waals surface area contributed by atoms with Gasteiger partial charge in [-0.2, -0.15) is 0 Å². The fourth-order valence-corrected chi connectivity index (χ4v) is 2.43. The molecule has 84 valence electrons. The van der Waals surface area contributed by atoms with Crippen molar-refractivity contribution in [1.29, 1.82) is 0 Å². The summed E-state index contributed by atoms with van der Waals surface area (Å²) >= 11 is 3.08. The monoisotopic (exact) mass is 253 g/mol. The molecule has 2 aromatic rings. The van der Waals surface area contributed by atoms with E-state index in [-0.39, 0.29) is 5.91 Å². The van der Waals surface area contributed by atoms with Gasteiger partial charge in [0.15, 0.2) is 0 Å². The molecule has 0 aliphatic rings. The van der Waals surface area contributed by atoms with Crippen LogP contribution in [0.1, 0.15) is 20.5 Å². The van der Waals surface area contributed by atoms with Gasteiger partial charge in [-0.05, 0) is 6.92 Å². The Labute approximate surface area is 101 Å². The number of hydrogen-bond acceptors (Lipinski definition) is 5. The lowest BCUT2D eigenvalue weighted by molar-refractivity contribution is 0.0949. The number of nitrogens with zero attached hydrogens (tertiary/aromatic N) is 2. The van der Waals surface area contributed by atoms with E-state index in [1.807, 2.05) is 12.3 Å². The Balaban J connectivity index is 1.80. The molecule has 1 amide bonds. The molecule has 0 radical (unpaired) electrons. The Morgan fingerprint density at radius 3 is 3.00 bits per heavy atom. The van der Waals surface area contributed by atoms with Crippen LogP contribution in [0, 0.1) is 6.92 Å². The summed E-state index contributed by atoms with van der Waals surface area (Å²) in [6.07, 6.45) is 2.54. The molecule has 0 aliphatic carbocycles. The summed E-state index contributed by atoms with van der Waals surface area (Å²) < 4.78 is 0. The minimum Gasteiger partial charge on any atom is -0.350 e. The molecule has 0 aromatic carbocycles. The van der Waals surface area contributed by atoms with Gasteiger partial charge in [-0.3, -0.25) is 4.79 Å². The van der Waals surface area contributed by atoms with Crippen LogP contribution < -0.4 is 5.32 Å². The van der Waals surface area contributed by atoms with E-state index in [0.717, 1.165) is 16.4 Å². The number of hydrogen-bond donors (Lipinski definition) is 1. The molecule has 2 aromatic heterocycles. The van der Waals surface area contributed by atoms with Gasteiger partial charge < -0.3 is 5.32 Å². The molecule has 16 heavy (non-hydrogen) atoms. The maximum atomic E-state index is 11.6. The third-order valence-corrected chi connectivity index (χ3v) is 3.57. The fraction of sp³-hybridized carbons (Fsp3) is 0.300. The third-order valence-electron chi connectivity index (χ3n) is 1.96. The smallest absolute Gasteiger partial charge is 0.270 e. The molecule has 0 fully saturated rings. The van der Waals surface area contributed by atoms with Gasteiger partial charge in [0.2, 0.25) is 0 Å². The van der Waals surface area contributed by atoms with Crippen molar-refractivity contribution in [3.63, 3.8) is 0 Å². The molecule has 0 bridgehead atoms. The lowest BCUT2D eigenvalue weighted by Gasteiger charge is -2.00. The summed E-state index contributed by atoms with van der Waals surface area (Å²) in [5.41, 5.74) is 0.502. The van der Waals surface area contributed by atoms with Crippen LogP contribution in [-0.2, 0) is 6.42 Å². The van der Waals surface area contributed by atoms with Crippen molar-refractivity contribution in [3.8, 4) is 0 Å². The molecule has 0 aliphatic heterocycles. The number of carbonyl (C=O) groups is 1. The van der Waals surface area contributed by atoms with Crippen molar-refractivity contribution in [3.05, 3.63) is 32.7 Å². The van der Waals surface area contributed by atoms with Gasteiger partial charge in [-0.1, -0.05) is 0 Å². The van der Waals surface area contributed by atoms with Crippen molar-refractivity contribution in [2.75, 3.05) is 6.54 Å². The van der Waals surface area contributed by atoms with Gasteiger partial charge in [0, 0.05) is 29.9 Å². The Morgan fingerprint density at radius 1 is 1.50 bits per heavy atom. The molecule has 0 unspecified atom stereocenters. The summed E-state index contributed by atoms with van der Waals surface area (Å²) in [5.74, 6) is -0.110.